The number of hydrogen-bond acceptors (Lipinski definition) is 7. The van der Waals surface area contributed by atoms with Crippen molar-refractivity contribution in [1.82, 2.24) is 0 Å². The third-order valence-corrected chi connectivity index (χ3v) is 16.6. The number of unbranched alkanes of at least 4 members (excludes halogenated alkanes) is 2. The lowest BCUT2D eigenvalue weighted by atomic mass is 10.3. The number of aliphatic hydroxyl groups is 1. The summed E-state index contributed by atoms with van der Waals surface area (Å²) in [5, 5.41) is 9.10. The molecule has 0 aliphatic rings. The predicted molar refractivity (Wildman–Crippen MR) is 137 cm³/mol. The molecule has 0 heterocycles. The van der Waals surface area contributed by atoms with Gasteiger partial charge in [0.1, 0.15) is 0 Å². The third kappa shape index (κ3) is 17.2. The lowest BCUT2D eigenvalue weighted by Crippen LogP contribution is -2.51. The minimum Gasteiger partial charge on any atom is -0.462 e. The van der Waals surface area contributed by atoms with Gasteiger partial charge in [-0.15, -0.1) is 0 Å². The molecule has 0 aliphatic heterocycles. The van der Waals surface area contributed by atoms with Crippen molar-refractivity contribution in [3.8, 4) is 0 Å². The zero-order valence-electron chi connectivity index (χ0n) is 21.4. The SMILES string of the molecule is C=C(C)C(=O)OCCC[Si](C)(C)O[Si](C)(CCCCCO)O[SiH](C)CCCOCCOC. The van der Waals surface area contributed by atoms with Gasteiger partial charge in [-0.05, 0) is 70.5 Å². The van der Waals surface area contributed by atoms with Crippen molar-refractivity contribution in [2.24, 2.45) is 0 Å². The number of methoxy groups -OCH3 is 1. The first-order valence-corrected chi connectivity index (χ1v) is 20.0. The molecule has 0 aromatic rings. The second-order valence-corrected chi connectivity index (χ2v) is 20.0. The molecule has 10 heteroatoms. The van der Waals surface area contributed by atoms with Gasteiger partial charge in [-0.3, -0.25) is 0 Å². The molecule has 7 nitrogen and oxygen atoms in total. The van der Waals surface area contributed by atoms with E-state index in [1.165, 1.54) is 0 Å². The molecule has 0 spiro atoms. The number of carbonyl (C=O) groups is 1. The molecule has 0 fully saturated rings. The Hall–Kier alpha value is -0.339. The van der Waals surface area contributed by atoms with Gasteiger partial charge < -0.3 is 27.5 Å². The molecule has 2 unspecified atom stereocenters. The maximum Gasteiger partial charge on any atom is 0.333 e. The van der Waals surface area contributed by atoms with Crippen LogP contribution in [0.4, 0.5) is 0 Å². The normalized spacial score (nSPS) is 14.7. The standard InChI is InChI=1S/C22H48O7Si3/c1-21(2)22(24)27-15-12-19-31(5,6)29-32(7,20-10-8-9-13-23)28-30(4)18-11-14-26-17-16-25-3/h23,30H,1,8-20H2,2-7H3. The summed E-state index contributed by atoms with van der Waals surface area (Å²) < 4.78 is 29.3. The maximum atomic E-state index is 11.6. The number of esters is 1. The zero-order chi connectivity index (χ0) is 24.5. The van der Waals surface area contributed by atoms with Gasteiger partial charge in [-0.1, -0.05) is 19.4 Å². The predicted octanol–water partition coefficient (Wildman–Crippen LogP) is 4.38. The van der Waals surface area contributed by atoms with E-state index in [-0.39, 0.29) is 12.6 Å². The Labute approximate surface area is 199 Å². The average Bonchev–Trinajstić information content (AvgIpc) is 2.70. The third-order valence-electron chi connectivity index (χ3n) is 5.07. The first kappa shape index (κ1) is 31.7. The first-order chi connectivity index (χ1) is 15.0. The molecular formula is C22H48O7Si3. The molecule has 1 N–H and O–H groups in total. The minimum atomic E-state index is -2.32. The van der Waals surface area contributed by atoms with Gasteiger partial charge in [0.2, 0.25) is 0 Å². The zero-order valence-corrected chi connectivity index (χ0v) is 24.5. The second kappa shape index (κ2) is 18.0. The fraction of sp³-hybridized carbons (Fsp3) is 0.864. The average molecular weight is 509 g/mol. The largest absolute Gasteiger partial charge is 0.462 e. The first-order valence-electron chi connectivity index (χ1n) is 11.9. The molecule has 0 aromatic heterocycles. The highest BCUT2D eigenvalue weighted by Crippen LogP contribution is 2.27. The van der Waals surface area contributed by atoms with Crippen molar-refractivity contribution >= 4 is 31.9 Å². The van der Waals surface area contributed by atoms with Crippen LogP contribution in [-0.4, -0.2) is 77.1 Å². The molecule has 0 saturated heterocycles. The summed E-state index contributed by atoms with van der Waals surface area (Å²) in [5.74, 6) is -0.331. The summed E-state index contributed by atoms with van der Waals surface area (Å²) in [5.41, 5.74) is 0.428. The van der Waals surface area contributed by atoms with E-state index in [4.69, 9.17) is 27.5 Å². The summed E-state index contributed by atoms with van der Waals surface area (Å²) in [6.45, 7) is 16.8. The Kier molecular flexibility index (Phi) is 17.9. The van der Waals surface area contributed by atoms with E-state index in [1.807, 2.05) is 0 Å². The van der Waals surface area contributed by atoms with Crippen molar-refractivity contribution in [1.29, 1.82) is 0 Å². The Morgan fingerprint density at radius 2 is 1.69 bits per heavy atom. The Morgan fingerprint density at radius 3 is 2.31 bits per heavy atom. The molecule has 0 radical (unpaired) electrons. The fourth-order valence-corrected chi connectivity index (χ4v) is 16.6. The van der Waals surface area contributed by atoms with Crippen LogP contribution in [0.2, 0.25) is 44.3 Å². The lowest BCUT2D eigenvalue weighted by molar-refractivity contribution is -0.138. The minimum absolute atomic E-state index is 0.233. The van der Waals surface area contributed by atoms with Crippen molar-refractivity contribution < 1.29 is 32.3 Å². The van der Waals surface area contributed by atoms with Gasteiger partial charge in [-0.2, -0.15) is 0 Å². The van der Waals surface area contributed by atoms with Crippen molar-refractivity contribution in [2.45, 2.75) is 83.3 Å². The van der Waals surface area contributed by atoms with Crippen LogP contribution in [0.1, 0.15) is 39.0 Å². The van der Waals surface area contributed by atoms with Gasteiger partial charge in [0.05, 0.1) is 19.8 Å². The smallest absolute Gasteiger partial charge is 0.333 e. The summed E-state index contributed by atoms with van der Waals surface area (Å²) >= 11 is 0. The highest BCUT2D eigenvalue weighted by atomic mass is 28.5. The van der Waals surface area contributed by atoms with Crippen LogP contribution in [0.5, 0.6) is 0 Å². The highest BCUT2D eigenvalue weighted by molar-refractivity contribution is 6.85. The van der Waals surface area contributed by atoms with Crippen LogP contribution in [-0.2, 0) is 27.2 Å². The van der Waals surface area contributed by atoms with Crippen LogP contribution >= 0.6 is 0 Å². The lowest BCUT2D eigenvalue weighted by Gasteiger charge is -2.38. The number of carbonyl (C=O) groups excluding carboxylic acids is 1. The molecule has 0 rings (SSSR count). The van der Waals surface area contributed by atoms with E-state index in [1.54, 1.807) is 14.0 Å². The van der Waals surface area contributed by atoms with Crippen molar-refractivity contribution in [3.05, 3.63) is 12.2 Å². The molecule has 0 aromatic carbocycles. The van der Waals surface area contributed by atoms with E-state index >= 15 is 0 Å². The van der Waals surface area contributed by atoms with Crippen molar-refractivity contribution in [2.75, 3.05) is 40.1 Å². The van der Waals surface area contributed by atoms with Crippen LogP contribution < -0.4 is 0 Å². The second-order valence-electron chi connectivity index (χ2n) is 9.23. The number of ether oxygens (including phenoxy) is 3. The number of aliphatic hydroxyl groups excluding tert-OH is 1. The van der Waals surface area contributed by atoms with E-state index in [9.17, 15) is 4.79 Å². The summed E-state index contributed by atoms with van der Waals surface area (Å²) in [6.07, 6.45) is 4.63. The van der Waals surface area contributed by atoms with E-state index < -0.39 is 25.9 Å². The number of hydrogen-bond donors (Lipinski definition) is 1. The van der Waals surface area contributed by atoms with E-state index in [0.717, 1.165) is 56.8 Å². The van der Waals surface area contributed by atoms with Crippen LogP contribution in [0.15, 0.2) is 12.2 Å². The van der Waals surface area contributed by atoms with Gasteiger partial charge >= 0.3 is 14.5 Å². The van der Waals surface area contributed by atoms with Gasteiger partial charge in [-0.25, -0.2) is 4.79 Å². The molecule has 2 atom stereocenters. The van der Waals surface area contributed by atoms with Gasteiger partial charge in [0.25, 0.3) is 0 Å². The van der Waals surface area contributed by atoms with Gasteiger partial charge in [0, 0.05) is 25.9 Å². The quantitative estimate of drug-likeness (QED) is 0.107. The van der Waals surface area contributed by atoms with Gasteiger partial charge in [0.15, 0.2) is 17.4 Å². The summed E-state index contributed by atoms with van der Waals surface area (Å²) in [7, 11) is -3.98. The van der Waals surface area contributed by atoms with E-state index in [2.05, 4.69) is 32.8 Å². The number of rotatable bonds is 21. The Balaban J connectivity index is 4.68. The maximum absolute atomic E-state index is 11.6. The molecule has 190 valence electrons. The van der Waals surface area contributed by atoms with Crippen LogP contribution in [0.25, 0.3) is 0 Å². The Bertz CT molecular complexity index is 520. The molecule has 0 aliphatic carbocycles. The molecule has 0 saturated carbocycles. The highest BCUT2D eigenvalue weighted by Gasteiger charge is 2.39. The fourth-order valence-electron chi connectivity index (χ4n) is 3.49. The summed E-state index contributed by atoms with van der Waals surface area (Å²) in [4.78, 5) is 11.6. The monoisotopic (exact) mass is 508 g/mol. The molecule has 0 bridgehead atoms. The molecule has 32 heavy (non-hydrogen) atoms. The Morgan fingerprint density at radius 1 is 0.969 bits per heavy atom. The molecule has 0 amide bonds. The van der Waals surface area contributed by atoms with Crippen LogP contribution in [0, 0.1) is 0 Å². The summed E-state index contributed by atoms with van der Waals surface area (Å²) in [6, 6.07) is 2.94. The topological polar surface area (TPSA) is 83.5 Å². The van der Waals surface area contributed by atoms with Crippen LogP contribution in [0.3, 0.4) is 0 Å². The van der Waals surface area contributed by atoms with E-state index in [0.29, 0.717) is 25.4 Å². The van der Waals surface area contributed by atoms with Crippen molar-refractivity contribution in [3.63, 3.8) is 0 Å². The molecular weight excluding hydrogens is 460 g/mol.